The normalized spacial score (nSPS) is 17.4. The van der Waals surface area contributed by atoms with Crippen molar-refractivity contribution in [3.05, 3.63) is 29.8 Å². The first-order chi connectivity index (χ1) is 11.1. The van der Waals surface area contributed by atoms with Crippen LogP contribution in [0.5, 0.6) is 0 Å². The quantitative estimate of drug-likeness (QED) is 0.829. The van der Waals surface area contributed by atoms with Gasteiger partial charge >= 0.3 is 12.1 Å². The molecule has 0 unspecified atom stereocenters. The first-order valence-corrected chi connectivity index (χ1v) is 8.17. The van der Waals surface area contributed by atoms with Crippen LogP contribution in [-0.2, 0) is 16.0 Å². The number of benzene rings is 1. The molecule has 6 heteroatoms. The number of carbonyl (C=O) groups excluding carboxylic acids is 1. The van der Waals surface area contributed by atoms with E-state index in [0.717, 1.165) is 5.56 Å². The van der Waals surface area contributed by atoms with E-state index in [9.17, 15) is 14.7 Å². The van der Waals surface area contributed by atoms with E-state index in [1.807, 2.05) is 32.9 Å². The van der Waals surface area contributed by atoms with Crippen molar-refractivity contribution in [2.24, 2.45) is 5.41 Å². The molecule has 6 nitrogen and oxygen atoms in total. The Labute approximate surface area is 142 Å². The van der Waals surface area contributed by atoms with Crippen LogP contribution in [0.15, 0.2) is 24.3 Å². The molecule has 0 bridgehead atoms. The number of likely N-dealkylation sites (tertiary alicyclic amines) is 1. The molecule has 1 aromatic carbocycles. The van der Waals surface area contributed by atoms with E-state index < -0.39 is 17.0 Å². The SMILES string of the molecule is CC(C)(C)OC(=O)N1CCC(Cc2ccc(N)cc2)(C(=O)O)CC1. The molecular formula is C18H26N2O4. The van der Waals surface area contributed by atoms with Crippen molar-refractivity contribution in [1.29, 1.82) is 0 Å². The van der Waals surface area contributed by atoms with Gasteiger partial charge in [-0.15, -0.1) is 0 Å². The summed E-state index contributed by atoms with van der Waals surface area (Å²) in [5.41, 5.74) is 5.87. The van der Waals surface area contributed by atoms with Crippen molar-refractivity contribution in [2.45, 2.75) is 45.6 Å². The molecule has 0 atom stereocenters. The van der Waals surface area contributed by atoms with Crippen LogP contribution in [-0.4, -0.2) is 40.8 Å². The van der Waals surface area contributed by atoms with E-state index >= 15 is 0 Å². The number of aliphatic carboxylic acids is 1. The Balaban J connectivity index is 2.05. The molecule has 0 saturated carbocycles. The number of piperidine rings is 1. The number of hydrogen-bond acceptors (Lipinski definition) is 4. The summed E-state index contributed by atoms with van der Waals surface area (Å²) in [5.74, 6) is -0.817. The van der Waals surface area contributed by atoms with Crippen molar-refractivity contribution < 1.29 is 19.4 Å². The first kappa shape index (κ1) is 18.1. The maximum atomic E-state index is 12.1. The summed E-state index contributed by atoms with van der Waals surface area (Å²) in [5, 5.41) is 9.76. The van der Waals surface area contributed by atoms with Crippen molar-refractivity contribution in [2.75, 3.05) is 18.8 Å². The van der Waals surface area contributed by atoms with Gasteiger partial charge in [0.2, 0.25) is 0 Å². The molecule has 0 radical (unpaired) electrons. The fraction of sp³-hybridized carbons (Fsp3) is 0.556. The second kappa shape index (κ2) is 6.71. The topological polar surface area (TPSA) is 92.9 Å². The minimum Gasteiger partial charge on any atom is -0.481 e. The van der Waals surface area contributed by atoms with Crippen LogP contribution in [0.1, 0.15) is 39.2 Å². The van der Waals surface area contributed by atoms with E-state index in [1.165, 1.54) is 0 Å². The minimum atomic E-state index is -0.853. The Morgan fingerprint density at radius 1 is 1.21 bits per heavy atom. The number of amides is 1. The molecule has 1 aliphatic heterocycles. The molecule has 1 heterocycles. The van der Waals surface area contributed by atoms with Crippen LogP contribution in [0.4, 0.5) is 10.5 Å². The van der Waals surface area contributed by atoms with E-state index in [-0.39, 0.29) is 6.09 Å². The Morgan fingerprint density at radius 2 is 1.75 bits per heavy atom. The van der Waals surface area contributed by atoms with Crippen LogP contribution < -0.4 is 5.73 Å². The maximum absolute atomic E-state index is 12.1. The van der Waals surface area contributed by atoms with Gasteiger partial charge in [0.1, 0.15) is 5.60 Å². The number of carboxylic acids is 1. The van der Waals surface area contributed by atoms with Crippen molar-refractivity contribution in [3.8, 4) is 0 Å². The second-order valence-corrected chi connectivity index (χ2v) is 7.47. The highest BCUT2D eigenvalue weighted by atomic mass is 16.6. The molecular weight excluding hydrogens is 308 g/mol. The summed E-state index contributed by atoms with van der Waals surface area (Å²) in [7, 11) is 0. The Bertz CT molecular complexity index is 596. The molecule has 1 amide bonds. The van der Waals surface area contributed by atoms with Gasteiger partial charge in [0.25, 0.3) is 0 Å². The zero-order chi connectivity index (χ0) is 18.0. The van der Waals surface area contributed by atoms with Gasteiger partial charge in [-0.25, -0.2) is 4.79 Å². The molecule has 1 saturated heterocycles. The molecule has 132 valence electrons. The van der Waals surface area contributed by atoms with E-state index in [1.54, 1.807) is 17.0 Å². The van der Waals surface area contributed by atoms with Crippen molar-refractivity contribution in [3.63, 3.8) is 0 Å². The molecule has 1 aromatic rings. The van der Waals surface area contributed by atoms with Crippen LogP contribution in [0.2, 0.25) is 0 Å². The summed E-state index contributed by atoms with van der Waals surface area (Å²) in [6.45, 7) is 6.22. The molecule has 0 spiro atoms. The van der Waals surface area contributed by atoms with Gasteiger partial charge in [0.05, 0.1) is 5.41 Å². The third-order valence-electron chi connectivity index (χ3n) is 4.35. The van der Waals surface area contributed by atoms with Gasteiger partial charge in [-0.1, -0.05) is 12.1 Å². The number of anilines is 1. The first-order valence-electron chi connectivity index (χ1n) is 8.17. The van der Waals surface area contributed by atoms with Crippen LogP contribution in [0.25, 0.3) is 0 Å². The number of rotatable bonds is 3. The van der Waals surface area contributed by atoms with Crippen LogP contribution in [0, 0.1) is 5.41 Å². The molecule has 1 fully saturated rings. The monoisotopic (exact) mass is 334 g/mol. The summed E-state index contributed by atoms with van der Waals surface area (Å²) < 4.78 is 5.36. The minimum absolute atomic E-state index is 0.381. The van der Waals surface area contributed by atoms with Crippen molar-refractivity contribution >= 4 is 17.7 Å². The zero-order valence-corrected chi connectivity index (χ0v) is 14.5. The van der Waals surface area contributed by atoms with Gasteiger partial charge in [-0.3, -0.25) is 4.79 Å². The third kappa shape index (κ3) is 4.40. The summed E-state index contributed by atoms with van der Waals surface area (Å²) in [6, 6.07) is 7.28. The van der Waals surface area contributed by atoms with Gasteiger partial charge in [-0.2, -0.15) is 0 Å². The van der Waals surface area contributed by atoms with E-state index in [2.05, 4.69) is 0 Å². The molecule has 1 aliphatic rings. The highest BCUT2D eigenvalue weighted by Crippen LogP contribution is 2.36. The maximum Gasteiger partial charge on any atom is 0.410 e. The smallest absolute Gasteiger partial charge is 0.410 e. The molecule has 2 rings (SSSR count). The molecule has 24 heavy (non-hydrogen) atoms. The lowest BCUT2D eigenvalue weighted by molar-refractivity contribution is -0.152. The summed E-state index contributed by atoms with van der Waals surface area (Å²) in [6.07, 6.45) is 0.872. The number of carboxylic acid groups (broad SMARTS) is 1. The molecule has 0 aliphatic carbocycles. The van der Waals surface area contributed by atoms with Gasteiger partial charge in [0.15, 0.2) is 0 Å². The van der Waals surface area contributed by atoms with Crippen molar-refractivity contribution in [1.82, 2.24) is 4.90 Å². The van der Waals surface area contributed by atoms with Gasteiger partial charge in [0, 0.05) is 18.8 Å². The van der Waals surface area contributed by atoms with E-state index in [4.69, 9.17) is 10.5 Å². The number of hydrogen-bond donors (Lipinski definition) is 2. The Morgan fingerprint density at radius 3 is 2.21 bits per heavy atom. The molecule has 0 aromatic heterocycles. The number of nitrogens with two attached hydrogens (primary N) is 1. The predicted octanol–water partition coefficient (Wildman–Crippen LogP) is 2.91. The fourth-order valence-corrected chi connectivity index (χ4v) is 2.94. The number of nitrogens with zero attached hydrogens (tertiary/aromatic N) is 1. The Hall–Kier alpha value is -2.24. The highest BCUT2D eigenvalue weighted by Gasteiger charge is 2.43. The summed E-state index contributed by atoms with van der Waals surface area (Å²) in [4.78, 5) is 25.6. The number of nitrogen functional groups attached to an aromatic ring is 1. The lowest BCUT2D eigenvalue weighted by atomic mass is 9.74. The third-order valence-corrected chi connectivity index (χ3v) is 4.35. The standard InChI is InChI=1S/C18H26N2O4/c1-17(2,3)24-16(23)20-10-8-18(9-11-20,15(21)22)12-13-4-6-14(19)7-5-13/h4-7H,8-12,19H2,1-3H3,(H,21,22). The average Bonchev–Trinajstić information content (AvgIpc) is 2.48. The summed E-state index contributed by atoms with van der Waals surface area (Å²) >= 11 is 0. The fourth-order valence-electron chi connectivity index (χ4n) is 2.94. The highest BCUT2D eigenvalue weighted by molar-refractivity contribution is 5.76. The van der Waals surface area contributed by atoms with Gasteiger partial charge < -0.3 is 20.5 Å². The lowest BCUT2D eigenvalue weighted by Gasteiger charge is -2.39. The number of carbonyl (C=O) groups is 2. The van der Waals surface area contributed by atoms with E-state index in [0.29, 0.717) is 38.0 Å². The number of ether oxygens (including phenoxy) is 1. The predicted molar refractivity (Wildman–Crippen MR) is 91.7 cm³/mol. The molecule has 3 N–H and O–H groups in total. The van der Waals surface area contributed by atoms with Gasteiger partial charge in [-0.05, 0) is 57.7 Å². The van der Waals surface area contributed by atoms with Crippen LogP contribution >= 0.6 is 0 Å². The zero-order valence-electron chi connectivity index (χ0n) is 14.5. The Kier molecular flexibility index (Phi) is 5.06. The van der Waals surface area contributed by atoms with Crippen LogP contribution in [0.3, 0.4) is 0 Å². The second-order valence-electron chi connectivity index (χ2n) is 7.47. The lowest BCUT2D eigenvalue weighted by Crippen LogP contribution is -2.48. The average molecular weight is 334 g/mol. The largest absolute Gasteiger partial charge is 0.481 e.